The maximum atomic E-state index is 13.5. The fourth-order valence-corrected chi connectivity index (χ4v) is 1.60. The second kappa shape index (κ2) is 4.86. The number of nitrogens with zero attached hydrogens (tertiary/aromatic N) is 1. The number of benzene rings is 1. The van der Waals surface area contributed by atoms with Crippen molar-refractivity contribution in [3.05, 3.63) is 65.2 Å². The first kappa shape index (κ1) is 10.8. The van der Waals surface area contributed by atoms with Crippen LogP contribution in [-0.4, -0.2) is 4.98 Å². The molecule has 82 valence electrons. The van der Waals surface area contributed by atoms with Crippen molar-refractivity contribution in [1.82, 2.24) is 4.98 Å². The van der Waals surface area contributed by atoms with E-state index >= 15 is 0 Å². The zero-order valence-electron chi connectivity index (χ0n) is 8.86. The molecule has 0 radical (unpaired) electrons. The van der Waals surface area contributed by atoms with E-state index in [0.717, 1.165) is 11.1 Å². The van der Waals surface area contributed by atoms with Gasteiger partial charge in [0.2, 0.25) is 0 Å². The third-order valence-corrected chi connectivity index (χ3v) is 2.47. The van der Waals surface area contributed by atoms with Gasteiger partial charge < -0.3 is 5.73 Å². The number of hydrogen-bond donors (Lipinski definition) is 1. The van der Waals surface area contributed by atoms with Gasteiger partial charge in [-0.25, -0.2) is 4.39 Å². The van der Waals surface area contributed by atoms with E-state index in [1.807, 2.05) is 18.2 Å². The predicted molar refractivity (Wildman–Crippen MR) is 61.3 cm³/mol. The number of aromatic nitrogens is 1. The largest absolute Gasteiger partial charge is 0.326 e. The number of pyridine rings is 1. The summed E-state index contributed by atoms with van der Waals surface area (Å²) in [5.41, 5.74) is 7.96. The highest BCUT2D eigenvalue weighted by atomic mass is 19.1. The van der Waals surface area contributed by atoms with Crippen molar-refractivity contribution in [2.75, 3.05) is 0 Å². The Morgan fingerprint density at radius 3 is 2.69 bits per heavy atom. The van der Waals surface area contributed by atoms with Crippen molar-refractivity contribution in [1.29, 1.82) is 0 Å². The van der Waals surface area contributed by atoms with Gasteiger partial charge in [0.05, 0.1) is 0 Å². The predicted octanol–water partition coefficient (Wildman–Crippen LogP) is 2.27. The summed E-state index contributed by atoms with van der Waals surface area (Å²) < 4.78 is 13.5. The van der Waals surface area contributed by atoms with Crippen LogP contribution >= 0.6 is 0 Å². The normalized spacial score (nSPS) is 10.4. The zero-order chi connectivity index (χ0) is 11.4. The van der Waals surface area contributed by atoms with Crippen LogP contribution in [0.5, 0.6) is 0 Å². The Bertz CT molecular complexity index is 469. The Balaban J connectivity index is 2.20. The molecule has 0 aliphatic carbocycles. The van der Waals surface area contributed by atoms with Gasteiger partial charge in [-0.1, -0.05) is 18.2 Å². The lowest BCUT2D eigenvalue weighted by molar-refractivity contribution is 0.609. The van der Waals surface area contributed by atoms with Gasteiger partial charge in [-0.15, -0.1) is 0 Å². The van der Waals surface area contributed by atoms with Crippen molar-refractivity contribution in [2.45, 2.75) is 13.0 Å². The van der Waals surface area contributed by atoms with Crippen molar-refractivity contribution in [2.24, 2.45) is 5.73 Å². The molecule has 0 amide bonds. The second-order valence-corrected chi connectivity index (χ2v) is 3.67. The molecule has 3 heteroatoms. The van der Waals surface area contributed by atoms with Crippen LogP contribution in [-0.2, 0) is 13.0 Å². The van der Waals surface area contributed by atoms with E-state index in [1.54, 1.807) is 18.5 Å². The van der Waals surface area contributed by atoms with E-state index < -0.39 is 0 Å². The highest BCUT2D eigenvalue weighted by Crippen LogP contribution is 2.13. The van der Waals surface area contributed by atoms with Gasteiger partial charge in [0.25, 0.3) is 0 Å². The molecule has 0 unspecified atom stereocenters. The van der Waals surface area contributed by atoms with Crippen LogP contribution in [0.3, 0.4) is 0 Å². The Morgan fingerprint density at radius 1 is 1.19 bits per heavy atom. The minimum Gasteiger partial charge on any atom is -0.326 e. The van der Waals surface area contributed by atoms with E-state index in [2.05, 4.69) is 4.98 Å². The van der Waals surface area contributed by atoms with Gasteiger partial charge in [0.1, 0.15) is 5.82 Å². The van der Waals surface area contributed by atoms with Gasteiger partial charge in [-0.05, 0) is 29.7 Å². The fraction of sp³-hybridized carbons (Fsp3) is 0.154. The summed E-state index contributed by atoms with van der Waals surface area (Å²) in [7, 11) is 0. The van der Waals surface area contributed by atoms with Crippen LogP contribution in [0.4, 0.5) is 4.39 Å². The molecule has 0 spiro atoms. The molecule has 0 bridgehead atoms. The Kier molecular flexibility index (Phi) is 3.27. The van der Waals surface area contributed by atoms with Gasteiger partial charge >= 0.3 is 0 Å². The van der Waals surface area contributed by atoms with E-state index in [0.29, 0.717) is 12.0 Å². The SMILES string of the molecule is NCc1ccc(Cc2cccnc2)cc1F. The molecule has 0 fully saturated rings. The lowest BCUT2D eigenvalue weighted by atomic mass is 10.0. The molecule has 16 heavy (non-hydrogen) atoms. The first-order valence-electron chi connectivity index (χ1n) is 5.16. The van der Waals surface area contributed by atoms with Crippen molar-refractivity contribution >= 4 is 0 Å². The van der Waals surface area contributed by atoms with E-state index in [1.165, 1.54) is 6.07 Å². The molecule has 1 heterocycles. The summed E-state index contributed by atoms with van der Waals surface area (Å²) in [5, 5.41) is 0. The lowest BCUT2D eigenvalue weighted by Crippen LogP contribution is -2.00. The third-order valence-electron chi connectivity index (χ3n) is 2.47. The van der Waals surface area contributed by atoms with Crippen LogP contribution in [0.25, 0.3) is 0 Å². The average molecular weight is 216 g/mol. The molecule has 2 nitrogen and oxygen atoms in total. The quantitative estimate of drug-likeness (QED) is 0.854. The van der Waals surface area contributed by atoms with Gasteiger partial charge in [-0.3, -0.25) is 4.98 Å². The standard InChI is InChI=1S/C13H13FN2/c14-13-7-10(3-4-12(13)8-15)6-11-2-1-5-16-9-11/h1-5,7,9H,6,8,15H2. The summed E-state index contributed by atoms with van der Waals surface area (Å²) >= 11 is 0. The van der Waals surface area contributed by atoms with Gasteiger partial charge in [0, 0.05) is 24.5 Å². The molecule has 0 aliphatic heterocycles. The van der Waals surface area contributed by atoms with Crippen LogP contribution in [0.1, 0.15) is 16.7 Å². The fourth-order valence-electron chi connectivity index (χ4n) is 1.60. The minimum absolute atomic E-state index is 0.233. The van der Waals surface area contributed by atoms with Crippen LogP contribution in [0.2, 0.25) is 0 Å². The maximum Gasteiger partial charge on any atom is 0.127 e. The highest BCUT2D eigenvalue weighted by Gasteiger charge is 2.02. The monoisotopic (exact) mass is 216 g/mol. The maximum absolute atomic E-state index is 13.5. The Labute approximate surface area is 93.9 Å². The zero-order valence-corrected chi connectivity index (χ0v) is 8.86. The van der Waals surface area contributed by atoms with Crippen LogP contribution in [0, 0.1) is 5.82 Å². The molecule has 2 aromatic rings. The molecule has 0 atom stereocenters. The van der Waals surface area contributed by atoms with Crippen molar-refractivity contribution in [3.8, 4) is 0 Å². The van der Waals surface area contributed by atoms with Gasteiger partial charge in [0.15, 0.2) is 0 Å². The summed E-state index contributed by atoms with van der Waals surface area (Å²) in [6.07, 6.45) is 4.20. The summed E-state index contributed by atoms with van der Waals surface area (Å²) in [4.78, 5) is 4.02. The number of rotatable bonds is 3. The second-order valence-electron chi connectivity index (χ2n) is 3.67. The number of halogens is 1. The molecule has 0 aliphatic rings. The summed E-state index contributed by atoms with van der Waals surface area (Å²) in [5.74, 6) is -0.233. The first-order valence-corrected chi connectivity index (χ1v) is 5.16. The van der Waals surface area contributed by atoms with Gasteiger partial charge in [-0.2, -0.15) is 0 Å². The average Bonchev–Trinajstić information content (AvgIpc) is 2.31. The first-order chi connectivity index (χ1) is 7.79. The topological polar surface area (TPSA) is 38.9 Å². The molecular weight excluding hydrogens is 203 g/mol. The molecule has 0 saturated carbocycles. The van der Waals surface area contributed by atoms with E-state index in [9.17, 15) is 4.39 Å². The Hall–Kier alpha value is -1.74. The smallest absolute Gasteiger partial charge is 0.127 e. The Morgan fingerprint density at radius 2 is 2.06 bits per heavy atom. The summed E-state index contributed by atoms with van der Waals surface area (Å²) in [6, 6.07) is 9.02. The molecule has 2 N–H and O–H groups in total. The minimum atomic E-state index is -0.233. The van der Waals surface area contributed by atoms with Crippen molar-refractivity contribution < 1.29 is 4.39 Å². The number of hydrogen-bond acceptors (Lipinski definition) is 2. The van der Waals surface area contributed by atoms with E-state index in [-0.39, 0.29) is 12.4 Å². The summed E-state index contributed by atoms with van der Waals surface area (Å²) in [6.45, 7) is 0.235. The molecular formula is C13H13FN2. The van der Waals surface area contributed by atoms with Crippen molar-refractivity contribution in [3.63, 3.8) is 0 Å². The molecule has 1 aromatic heterocycles. The van der Waals surface area contributed by atoms with Crippen LogP contribution < -0.4 is 5.73 Å². The lowest BCUT2D eigenvalue weighted by Gasteiger charge is -2.04. The molecule has 0 saturated heterocycles. The molecule has 1 aromatic carbocycles. The third kappa shape index (κ3) is 2.44. The molecule has 2 rings (SSSR count). The van der Waals surface area contributed by atoms with E-state index in [4.69, 9.17) is 5.73 Å². The highest BCUT2D eigenvalue weighted by molar-refractivity contribution is 5.28. The van der Waals surface area contributed by atoms with Crippen LogP contribution in [0.15, 0.2) is 42.7 Å². The number of nitrogens with two attached hydrogens (primary N) is 1.